The standard InChI is InChI=1S/C19H31NO3/c1-16(2)14-19(22)23-13-11-9-7-5-6-8-10-12-18(21)20-15-17(3)4/h5,7,9-12,16-17H,6,8,13-15H2,1-4H3,(H,20,21). The van der Waals surface area contributed by atoms with Crippen LogP contribution in [0.1, 0.15) is 47.0 Å². The van der Waals surface area contributed by atoms with E-state index in [0.29, 0.717) is 31.4 Å². The SMILES string of the molecule is CC(C)CNC(=O)C=CCCC=CC=CCOC(=O)CC(C)C. The van der Waals surface area contributed by atoms with Gasteiger partial charge in [-0.25, -0.2) is 0 Å². The van der Waals surface area contributed by atoms with Gasteiger partial charge in [-0.05, 0) is 36.8 Å². The maximum atomic E-state index is 11.4. The summed E-state index contributed by atoms with van der Waals surface area (Å²) in [6.45, 7) is 9.12. The lowest BCUT2D eigenvalue weighted by molar-refractivity contribution is -0.143. The highest BCUT2D eigenvalue weighted by molar-refractivity contribution is 5.87. The molecule has 0 saturated carbocycles. The largest absolute Gasteiger partial charge is 0.461 e. The summed E-state index contributed by atoms with van der Waals surface area (Å²) in [4.78, 5) is 22.7. The third kappa shape index (κ3) is 16.4. The first-order valence-electron chi connectivity index (χ1n) is 8.33. The normalized spacial score (nSPS) is 12.1. The molecule has 0 heterocycles. The molecule has 0 saturated heterocycles. The van der Waals surface area contributed by atoms with Gasteiger partial charge in [0.2, 0.25) is 5.91 Å². The third-order valence-electron chi connectivity index (χ3n) is 2.75. The predicted octanol–water partition coefficient (Wildman–Crippen LogP) is 3.80. The fraction of sp³-hybridized carbons (Fsp3) is 0.579. The van der Waals surface area contributed by atoms with Crippen LogP contribution in [0.3, 0.4) is 0 Å². The van der Waals surface area contributed by atoms with E-state index < -0.39 is 0 Å². The monoisotopic (exact) mass is 321 g/mol. The number of nitrogens with one attached hydrogen (secondary N) is 1. The lowest BCUT2D eigenvalue weighted by Crippen LogP contribution is -2.25. The second-order valence-corrected chi connectivity index (χ2v) is 6.26. The Bertz CT molecular complexity index is 420. The van der Waals surface area contributed by atoms with Crippen molar-refractivity contribution in [1.82, 2.24) is 5.32 Å². The van der Waals surface area contributed by atoms with E-state index in [4.69, 9.17) is 4.74 Å². The zero-order valence-electron chi connectivity index (χ0n) is 14.9. The van der Waals surface area contributed by atoms with Crippen molar-refractivity contribution in [3.8, 4) is 0 Å². The smallest absolute Gasteiger partial charge is 0.306 e. The van der Waals surface area contributed by atoms with Gasteiger partial charge in [0.05, 0.1) is 0 Å². The molecule has 0 aromatic rings. The van der Waals surface area contributed by atoms with Gasteiger partial charge in [0.25, 0.3) is 0 Å². The Morgan fingerprint density at radius 1 is 0.957 bits per heavy atom. The minimum absolute atomic E-state index is 0.0363. The summed E-state index contributed by atoms with van der Waals surface area (Å²) in [5, 5.41) is 2.83. The van der Waals surface area contributed by atoms with Crippen LogP contribution in [-0.4, -0.2) is 25.0 Å². The highest BCUT2D eigenvalue weighted by Gasteiger charge is 2.03. The van der Waals surface area contributed by atoms with Gasteiger partial charge in [-0.2, -0.15) is 0 Å². The zero-order chi connectivity index (χ0) is 17.5. The fourth-order valence-electron chi connectivity index (χ4n) is 1.59. The molecule has 0 rings (SSSR count). The number of esters is 1. The topological polar surface area (TPSA) is 55.4 Å². The molecular formula is C19H31NO3. The van der Waals surface area contributed by atoms with Gasteiger partial charge in [0, 0.05) is 13.0 Å². The average Bonchev–Trinajstić information content (AvgIpc) is 2.46. The molecule has 0 fully saturated rings. The van der Waals surface area contributed by atoms with E-state index in [1.807, 2.05) is 44.2 Å². The second kappa shape index (κ2) is 13.8. The van der Waals surface area contributed by atoms with Crippen LogP contribution in [-0.2, 0) is 14.3 Å². The van der Waals surface area contributed by atoms with E-state index in [2.05, 4.69) is 19.2 Å². The molecule has 0 unspecified atom stereocenters. The molecule has 0 aliphatic rings. The molecule has 1 amide bonds. The first kappa shape index (κ1) is 21.2. The Labute approximate surface area is 140 Å². The molecular weight excluding hydrogens is 290 g/mol. The van der Waals surface area contributed by atoms with Gasteiger partial charge in [-0.15, -0.1) is 0 Å². The molecule has 0 aliphatic carbocycles. The number of allylic oxidation sites excluding steroid dienone is 4. The summed E-state index contributed by atoms with van der Waals surface area (Å²) in [6.07, 6.45) is 13.2. The van der Waals surface area contributed by atoms with Gasteiger partial charge >= 0.3 is 5.97 Å². The van der Waals surface area contributed by atoms with E-state index in [0.717, 1.165) is 12.8 Å². The van der Waals surface area contributed by atoms with Crippen molar-refractivity contribution >= 4 is 11.9 Å². The van der Waals surface area contributed by atoms with Crippen LogP contribution in [0.5, 0.6) is 0 Å². The van der Waals surface area contributed by atoms with Crippen molar-refractivity contribution in [2.75, 3.05) is 13.2 Å². The molecule has 0 aliphatic heterocycles. The zero-order valence-corrected chi connectivity index (χ0v) is 14.9. The molecule has 4 heteroatoms. The Hall–Kier alpha value is -1.84. The van der Waals surface area contributed by atoms with Gasteiger partial charge in [-0.1, -0.05) is 52.0 Å². The van der Waals surface area contributed by atoms with Gasteiger partial charge < -0.3 is 10.1 Å². The summed E-state index contributed by atoms with van der Waals surface area (Å²) in [6, 6.07) is 0. The van der Waals surface area contributed by atoms with E-state index in [-0.39, 0.29) is 11.9 Å². The summed E-state index contributed by atoms with van der Waals surface area (Å²) in [5.74, 6) is 0.596. The van der Waals surface area contributed by atoms with Crippen molar-refractivity contribution in [3.63, 3.8) is 0 Å². The minimum atomic E-state index is -0.158. The van der Waals surface area contributed by atoms with Crippen molar-refractivity contribution in [3.05, 3.63) is 36.5 Å². The Morgan fingerprint density at radius 3 is 2.26 bits per heavy atom. The maximum Gasteiger partial charge on any atom is 0.306 e. The van der Waals surface area contributed by atoms with Crippen LogP contribution in [0.25, 0.3) is 0 Å². The van der Waals surface area contributed by atoms with Crippen LogP contribution < -0.4 is 5.32 Å². The number of hydrogen-bond donors (Lipinski definition) is 1. The number of rotatable bonds is 11. The van der Waals surface area contributed by atoms with Crippen molar-refractivity contribution in [1.29, 1.82) is 0 Å². The van der Waals surface area contributed by atoms with Crippen LogP contribution in [0.4, 0.5) is 0 Å². The third-order valence-corrected chi connectivity index (χ3v) is 2.75. The summed E-state index contributed by atoms with van der Waals surface area (Å²) >= 11 is 0. The van der Waals surface area contributed by atoms with Crippen molar-refractivity contribution in [2.45, 2.75) is 47.0 Å². The van der Waals surface area contributed by atoms with Gasteiger partial charge in [0.1, 0.15) is 6.61 Å². The predicted molar refractivity (Wildman–Crippen MR) is 94.9 cm³/mol. The van der Waals surface area contributed by atoms with E-state index in [9.17, 15) is 9.59 Å². The fourth-order valence-corrected chi connectivity index (χ4v) is 1.59. The lowest BCUT2D eigenvalue weighted by atomic mass is 10.1. The van der Waals surface area contributed by atoms with Crippen LogP contribution in [0, 0.1) is 11.8 Å². The molecule has 0 radical (unpaired) electrons. The number of unbranched alkanes of at least 4 members (excludes halogenated alkanes) is 1. The van der Waals surface area contributed by atoms with Crippen molar-refractivity contribution in [2.24, 2.45) is 11.8 Å². The van der Waals surface area contributed by atoms with E-state index in [1.165, 1.54) is 0 Å². The Balaban J connectivity index is 3.65. The maximum absolute atomic E-state index is 11.4. The molecule has 1 N–H and O–H groups in total. The molecule has 0 aromatic carbocycles. The number of ether oxygens (including phenoxy) is 1. The number of carbonyl (C=O) groups excluding carboxylic acids is 2. The van der Waals surface area contributed by atoms with Crippen LogP contribution in [0.2, 0.25) is 0 Å². The Kier molecular flexibility index (Phi) is 12.7. The van der Waals surface area contributed by atoms with Crippen LogP contribution >= 0.6 is 0 Å². The number of amides is 1. The minimum Gasteiger partial charge on any atom is -0.461 e. The summed E-state index contributed by atoms with van der Waals surface area (Å²) in [5.41, 5.74) is 0. The lowest BCUT2D eigenvalue weighted by Gasteiger charge is -2.03. The molecule has 0 spiro atoms. The van der Waals surface area contributed by atoms with Crippen LogP contribution in [0.15, 0.2) is 36.5 Å². The molecule has 0 bridgehead atoms. The summed E-state index contributed by atoms with van der Waals surface area (Å²) < 4.78 is 5.05. The summed E-state index contributed by atoms with van der Waals surface area (Å²) in [7, 11) is 0. The molecule has 130 valence electrons. The van der Waals surface area contributed by atoms with Crippen molar-refractivity contribution < 1.29 is 14.3 Å². The molecule has 0 aromatic heterocycles. The first-order valence-corrected chi connectivity index (χ1v) is 8.33. The highest BCUT2D eigenvalue weighted by Crippen LogP contribution is 2.00. The average molecular weight is 321 g/mol. The number of hydrogen-bond acceptors (Lipinski definition) is 3. The van der Waals surface area contributed by atoms with E-state index in [1.54, 1.807) is 6.08 Å². The Morgan fingerprint density at radius 2 is 1.61 bits per heavy atom. The number of carbonyl (C=O) groups is 2. The van der Waals surface area contributed by atoms with Gasteiger partial charge in [0.15, 0.2) is 0 Å². The quantitative estimate of drug-likeness (QED) is 0.272. The van der Waals surface area contributed by atoms with E-state index >= 15 is 0 Å². The highest BCUT2D eigenvalue weighted by atomic mass is 16.5. The molecule has 0 atom stereocenters. The van der Waals surface area contributed by atoms with Gasteiger partial charge in [-0.3, -0.25) is 9.59 Å². The first-order chi connectivity index (χ1) is 10.9. The molecule has 23 heavy (non-hydrogen) atoms. The second-order valence-electron chi connectivity index (χ2n) is 6.26. The molecule has 4 nitrogen and oxygen atoms in total.